The number of imidazole rings is 1. The van der Waals surface area contributed by atoms with Gasteiger partial charge in [0.25, 0.3) is 0 Å². The van der Waals surface area contributed by atoms with E-state index in [0.29, 0.717) is 11.5 Å². The number of benzene rings is 2. The number of nitrogens with zero attached hydrogens (tertiary/aromatic N) is 4. The Hall–Kier alpha value is -3.91. The Morgan fingerprint density at radius 1 is 1.10 bits per heavy atom. The molecular weight excluding hydrogens is 390 g/mol. The average Bonchev–Trinajstić information content (AvgIpc) is 3.29. The van der Waals surface area contributed by atoms with E-state index in [0.717, 1.165) is 54.5 Å². The van der Waals surface area contributed by atoms with Gasteiger partial charge in [-0.25, -0.2) is 9.97 Å². The number of anilines is 4. The van der Waals surface area contributed by atoms with Crippen molar-refractivity contribution in [3.05, 3.63) is 66.6 Å². The van der Waals surface area contributed by atoms with E-state index in [1.807, 2.05) is 35.0 Å². The molecule has 0 spiro atoms. The maximum absolute atomic E-state index is 6.11. The van der Waals surface area contributed by atoms with Crippen LogP contribution < -0.4 is 21.4 Å². The fraction of sp³-hybridized carbons (Fsp3) is 0.174. The Labute approximate surface area is 179 Å². The lowest BCUT2D eigenvalue weighted by Gasteiger charge is -2.28. The van der Waals surface area contributed by atoms with Gasteiger partial charge in [-0.1, -0.05) is 6.07 Å². The zero-order valence-electron chi connectivity index (χ0n) is 17.0. The van der Waals surface area contributed by atoms with Crippen LogP contribution in [0, 0.1) is 0 Å². The summed E-state index contributed by atoms with van der Waals surface area (Å²) >= 11 is 0. The van der Waals surface area contributed by atoms with E-state index in [1.165, 1.54) is 11.9 Å². The molecular formula is C23H24N7O+. The predicted molar refractivity (Wildman–Crippen MR) is 123 cm³/mol. The first kappa shape index (κ1) is 19.1. The molecule has 0 atom stereocenters. The number of nitrogens with two attached hydrogens (primary N) is 2. The van der Waals surface area contributed by atoms with Gasteiger partial charge < -0.3 is 25.1 Å². The van der Waals surface area contributed by atoms with Gasteiger partial charge >= 0.3 is 0 Å². The molecule has 3 heterocycles. The SMILES string of the molecule is Nc1cc(-c2cn3ccnc3c(Nc3ccc(N4CCOCC4)cc3)n2)ccc1C=[NH2+]. The van der Waals surface area contributed by atoms with Crippen molar-refractivity contribution in [2.45, 2.75) is 0 Å². The Morgan fingerprint density at radius 3 is 2.65 bits per heavy atom. The predicted octanol–water partition coefficient (Wildman–Crippen LogP) is 1.74. The lowest BCUT2D eigenvalue weighted by molar-refractivity contribution is -0.104. The zero-order valence-corrected chi connectivity index (χ0v) is 17.0. The van der Waals surface area contributed by atoms with Crippen molar-refractivity contribution in [3.8, 4) is 11.3 Å². The highest BCUT2D eigenvalue weighted by molar-refractivity contribution is 5.85. The summed E-state index contributed by atoms with van der Waals surface area (Å²) in [7, 11) is 0. The van der Waals surface area contributed by atoms with E-state index in [9.17, 15) is 0 Å². The van der Waals surface area contributed by atoms with Gasteiger partial charge in [-0.05, 0) is 36.4 Å². The van der Waals surface area contributed by atoms with Crippen molar-refractivity contribution < 1.29 is 10.1 Å². The van der Waals surface area contributed by atoms with Crippen LogP contribution in [-0.4, -0.2) is 46.9 Å². The van der Waals surface area contributed by atoms with Crippen LogP contribution in [0.3, 0.4) is 0 Å². The molecule has 156 valence electrons. The number of fused-ring (bicyclic) bond motifs is 1. The maximum atomic E-state index is 6.11. The summed E-state index contributed by atoms with van der Waals surface area (Å²) in [5, 5.41) is 9.03. The second-order valence-corrected chi connectivity index (χ2v) is 7.41. The molecule has 0 unspecified atom stereocenters. The minimum atomic E-state index is 0.612. The molecule has 8 nitrogen and oxygen atoms in total. The largest absolute Gasteiger partial charge is 0.398 e. The first-order chi connectivity index (χ1) is 15.2. The van der Waals surface area contributed by atoms with Crippen LogP contribution in [0.25, 0.3) is 16.9 Å². The number of rotatable bonds is 5. The highest BCUT2D eigenvalue weighted by atomic mass is 16.5. The molecule has 31 heavy (non-hydrogen) atoms. The van der Waals surface area contributed by atoms with Crippen LogP contribution >= 0.6 is 0 Å². The van der Waals surface area contributed by atoms with Crippen molar-refractivity contribution in [3.63, 3.8) is 0 Å². The van der Waals surface area contributed by atoms with Gasteiger partial charge in [0, 0.05) is 54.3 Å². The van der Waals surface area contributed by atoms with Crippen molar-refractivity contribution in [1.82, 2.24) is 14.4 Å². The molecule has 0 radical (unpaired) electrons. The fourth-order valence-electron chi connectivity index (χ4n) is 3.75. The Balaban J connectivity index is 1.46. The van der Waals surface area contributed by atoms with Crippen LogP contribution in [0.5, 0.6) is 0 Å². The summed E-state index contributed by atoms with van der Waals surface area (Å²) in [6.45, 7) is 3.36. The molecule has 0 amide bonds. The highest BCUT2D eigenvalue weighted by Gasteiger charge is 2.13. The third kappa shape index (κ3) is 3.80. The van der Waals surface area contributed by atoms with Crippen molar-refractivity contribution in [2.75, 3.05) is 42.3 Å². The summed E-state index contributed by atoms with van der Waals surface area (Å²) in [5.74, 6) is 0.676. The Bertz CT molecular complexity index is 1230. The molecule has 1 saturated heterocycles. The van der Waals surface area contributed by atoms with E-state index in [4.69, 9.17) is 20.9 Å². The van der Waals surface area contributed by atoms with Crippen molar-refractivity contribution in [2.24, 2.45) is 0 Å². The molecule has 8 heteroatoms. The van der Waals surface area contributed by atoms with Crippen LogP contribution in [0.1, 0.15) is 5.56 Å². The molecule has 0 bridgehead atoms. The molecule has 5 rings (SSSR count). The van der Waals surface area contributed by atoms with Gasteiger partial charge in [0.2, 0.25) is 0 Å². The van der Waals surface area contributed by atoms with E-state index >= 15 is 0 Å². The number of ether oxygens (including phenoxy) is 1. The lowest BCUT2D eigenvalue weighted by Crippen LogP contribution is -2.36. The average molecular weight is 414 g/mol. The summed E-state index contributed by atoms with van der Waals surface area (Å²) in [6, 6.07) is 14.1. The van der Waals surface area contributed by atoms with Gasteiger partial charge in [0.05, 0.1) is 24.5 Å². The molecule has 2 aromatic heterocycles. The van der Waals surface area contributed by atoms with E-state index in [1.54, 1.807) is 6.20 Å². The highest BCUT2D eigenvalue weighted by Crippen LogP contribution is 2.27. The first-order valence-electron chi connectivity index (χ1n) is 10.2. The van der Waals surface area contributed by atoms with Crippen molar-refractivity contribution >= 4 is 34.7 Å². The van der Waals surface area contributed by atoms with Crippen LogP contribution in [0.4, 0.5) is 22.9 Å². The smallest absolute Gasteiger partial charge is 0.180 e. The lowest BCUT2D eigenvalue weighted by atomic mass is 10.1. The van der Waals surface area contributed by atoms with Crippen LogP contribution in [0.15, 0.2) is 61.1 Å². The third-order valence-electron chi connectivity index (χ3n) is 5.44. The van der Waals surface area contributed by atoms with Gasteiger partial charge in [0.15, 0.2) is 17.7 Å². The second kappa shape index (κ2) is 8.08. The standard InChI is InChI=1S/C23H23N7O/c24-14-17-2-1-16(13-20(17)25)21-15-30-8-7-26-23(30)22(28-21)27-18-3-5-19(6-4-18)29-9-11-31-12-10-29/h1-8,13-15,24H,9-12,25H2,(H,27,28)/p+1. The van der Waals surface area contributed by atoms with E-state index in [-0.39, 0.29) is 0 Å². The third-order valence-corrected chi connectivity index (χ3v) is 5.44. The Morgan fingerprint density at radius 2 is 1.90 bits per heavy atom. The summed E-state index contributed by atoms with van der Waals surface area (Å²) < 4.78 is 7.39. The summed E-state index contributed by atoms with van der Waals surface area (Å²) in [4.78, 5) is 11.6. The van der Waals surface area contributed by atoms with E-state index < -0.39 is 0 Å². The summed E-state index contributed by atoms with van der Waals surface area (Å²) in [6.07, 6.45) is 7.10. The van der Waals surface area contributed by atoms with Crippen LogP contribution in [0.2, 0.25) is 0 Å². The van der Waals surface area contributed by atoms with Gasteiger partial charge in [0.1, 0.15) is 0 Å². The second-order valence-electron chi connectivity index (χ2n) is 7.41. The molecule has 0 aliphatic carbocycles. The molecule has 1 fully saturated rings. The van der Waals surface area contributed by atoms with Gasteiger partial charge in [-0.3, -0.25) is 5.41 Å². The van der Waals surface area contributed by atoms with Crippen LogP contribution in [-0.2, 0) is 4.74 Å². The number of aromatic nitrogens is 3. The number of morpholine rings is 1. The summed E-state index contributed by atoms with van der Waals surface area (Å²) in [5.41, 5.74) is 12.1. The minimum Gasteiger partial charge on any atom is -0.398 e. The zero-order chi connectivity index (χ0) is 21.2. The minimum absolute atomic E-state index is 0.612. The normalized spacial score (nSPS) is 14.0. The number of hydrogen-bond donors (Lipinski definition) is 3. The molecule has 2 aromatic carbocycles. The number of nitrogens with one attached hydrogen (secondary N) is 1. The Kier molecular flexibility index (Phi) is 4.97. The van der Waals surface area contributed by atoms with Crippen molar-refractivity contribution in [1.29, 1.82) is 0 Å². The quantitative estimate of drug-likeness (QED) is 0.339. The molecule has 5 N–H and O–H groups in total. The molecule has 1 aliphatic heterocycles. The monoisotopic (exact) mass is 414 g/mol. The molecule has 4 aromatic rings. The van der Waals surface area contributed by atoms with Gasteiger partial charge in [-0.15, -0.1) is 0 Å². The molecule has 1 aliphatic rings. The van der Waals surface area contributed by atoms with Gasteiger partial charge in [-0.2, -0.15) is 0 Å². The fourth-order valence-corrected chi connectivity index (χ4v) is 3.75. The number of hydrogen-bond acceptors (Lipinski definition) is 6. The topological polar surface area (TPSA) is 106 Å². The molecule has 0 saturated carbocycles. The maximum Gasteiger partial charge on any atom is 0.180 e. The number of nitrogen functional groups attached to an aromatic ring is 1. The van der Waals surface area contributed by atoms with E-state index in [2.05, 4.69) is 39.5 Å². The first-order valence-corrected chi connectivity index (χ1v) is 10.2.